The molecule has 1 aromatic rings. The molecular formula is C15H22ClN3O. The number of halogens is 1. The van der Waals surface area contributed by atoms with Gasteiger partial charge in [-0.05, 0) is 18.4 Å². The van der Waals surface area contributed by atoms with Gasteiger partial charge in [-0.2, -0.15) is 0 Å². The van der Waals surface area contributed by atoms with Crippen molar-refractivity contribution >= 4 is 11.7 Å². The number of carbonyl (C=O) groups excluding carboxylic acids is 1. The first kappa shape index (κ1) is 16.7. The molecule has 0 aliphatic carbocycles. The molecule has 4 nitrogen and oxygen atoms in total. The third kappa shape index (κ3) is 3.19. The van der Waals surface area contributed by atoms with Crippen LogP contribution in [0.2, 0.25) is 0 Å². The van der Waals surface area contributed by atoms with E-state index in [2.05, 4.69) is 28.2 Å². The van der Waals surface area contributed by atoms with Crippen molar-refractivity contribution < 1.29 is 22.9 Å². The maximum Gasteiger partial charge on any atom is 0.253 e. The quantitative estimate of drug-likeness (QED) is 0.644. The van der Waals surface area contributed by atoms with Gasteiger partial charge in [-0.1, -0.05) is 44.2 Å². The van der Waals surface area contributed by atoms with E-state index in [-0.39, 0.29) is 24.4 Å². The van der Waals surface area contributed by atoms with Gasteiger partial charge in [-0.15, -0.1) is 0 Å². The van der Waals surface area contributed by atoms with Crippen LogP contribution in [0.1, 0.15) is 32.3 Å². The number of nitrogens with zero attached hydrogens (tertiary/aromatic N) is 1. The number of rotatable bonds is 5. The summed E-state index contributed by atoms with van der Waals surface area (Å²) in [7, 11) is 0. The number of amides is 1. The summed E-state index contributed by atoms with van der Waals surface area (Å²) in [5, 5.41) is 2.92. The second-order valence-corrected chi connectivity index (χ2v) is 5.08. The van der Waals surface area contributed by atoms with Crippen LogP contribution in [0.25, 0.3) is 0 Å². The van der Waals surface area contributed by atoms with Crippen molar-refractivity contribution in [2.24, 2.45) is 4.99 Å². The molecule has 1 heterocycles. The van der Waals surface area contributed by atoms with Crippen molar-refractivity contribution in [3.63, 3.8) is 0 Å². The predicted octanol–water partition coefficient (Wildman–Crippen LogP) is -2.07. The van der Waals surface area contributed by atoms with Gasteiger partial charge in [0.15, 0.2) is 5.84 Å². The van der Waals surface area contributed by atoms with Crippen LogP contribution in [0.3, 0.4) is 0 Å². The largest absolute Gasteiger partial charge is 1.00 e. The van der Waals surface area contributed by atoms with Gasteiger partial charge in [0.25, 0.3) is 5.91 Å². The van der Waals surface area contributed by atoms with Crippen LogP contribution < -0.4 is 23.5 Å². The van der Waals surface area contributed by atoms with Gasteiger partial charge in [0.1, 0.15) is 11.6 Å². The summed E-state index contributed by atoms with van der Waals surface area (Å²) >= 11 is 0. The number of amidine groups is 1. The molecule has 0 unspecified atom stereocenters. The monoisotopic (exact) mass is 295 g/mol. The van der Waals surface area contributed by atoms with Gasteiger partial charge in [-0.25, -0.2) is 0 Å². The summed E-state index contributed by atoms with van der Waals surface area (Å²) in [6.45, 7) is 4.01. The van der Waals surface area contributed by atoms with Crippen molar-refractivity contribution in [2.75, 3.05) is 0 Å². The minimum atomic E-state index is -0.567. The van der Waals surface area contributed by atoms with Crippen LogP contribution in [0.5, 0.6) is 0 Å². The zero-order valence-corrected chi connectivity index (χ0v) is 12.8. The number of hydrogen-bond donors (Lipinski definition) is 2. The average Bonchev–Trinajstić information content (AvgIpc) is 2.78. The SMILES string of the molecule is CCC1(CC)N=C([C@@H]([NH3+])Cc2ccccc2)NC1=O.[Cl-]. The minimum absolute atomic E-state index is 0. The lowest BCUT2D eigenvalue weighted by atomic mass is 9.94. The molecule has 0 saturated carbocycles. The van der Waals surface area contributed by atoms with E-state index in [1.807, 2.05) is 32.0 Å². The second kappa shape index (κ2) is 6.86. The Morgan fingerprint density at radius 3 is 2.35 bits per heavy atom. The zero-order valence-electron chi connectivity index (χ0n) is 12.0. The number of aliphatic imine (C=N–C) groups is 1. The van der Waals surface area contributed by atoms with E-state index in [4.69, 9.17) is 0 Å². The fraction of sp³-hybridized carbons (Fsp3) is 0.467. The molecule has 1 aliphatic rings. The summed E-state index contributed by atoms with van der Waals surface area (Å²) in [5.41, 5.74) is 4.78. The number of carbonyl (C=O) groups is 1. The Kier molecular flexibility index (Phi) is 5.72. The van der Waals surface area contributed by atoms with Crippen LogP contribution in [0.4, 0.5) is 0 Å². The van der Waals surface area contributed by atoms with E-state index in [0.717, 1.165) is 25.1 Å². The van der Waals surface area contributed by atoms with Crippen LogP contribution in [-0.4, -0.2) is 23.3 Å². The van der Waals surface area contributed by atoms with Crippen molar-refractivity contribution in [3.8, 4) is 0 Å². The molecular weight excluding hydrogens is 274 g/mol. The molecule has 1 atom stereocenters. The Bertz CT molecular complexity index is 483. The highest BCUT2D eigenvalue weighted by Gasteiger charge is 2.42. The molecule has 0 spiro atoms. The van der Waals surface area contributed by atoms with Crippen LogP contribution in [0.15, 0.2) is 35.3 Å². The van der Waals surface area contributed by atoms with E-state index in [1.165, 1.54) is 5.56 Å². The highest BCUT2D eigenvalue weighted by molar-refractivity contribution is 6.09. The van der Waals surface area contributed by atoms with E-state index in [9.17, 15) is 4.79 Å². The Morgan fingerprint density at radius 2 is 1.85 bits per heavy atom. The predicted molar refractivity (Wildman–Crippen MR) is 75.7 cm³/mol. The number of benzene rings is 1. The van der Waals surface area contributed by atoms with Gasteiger partial charge in [-0.3, -0.25) is 9.79 Å². The Balaban J connectivity index is 0.00000200. The Morgan fingerprint density at radius 1 is 1.25 bits per heavy atom. The molecule has 0 aromatic heterocycles. The number of nitrogens with one attached hydrogen (secondary N) is 1. The van der Waals surface area contributed by atoms with E-state index in [1.54, 1.807) is 0 Å². The van der Waals surface area contributed by atoms with E-state index in [0.29, 0.717) is 0 Å². The number of hydrogen-bond acceptors (Lipinski definition) is 2. The zero-order chi connectivity index (χ0) is 13.9. The standard InChI is InChI=1S/C15H21N3O.ClH/c1-3-15(4-2)14(19)17-13(18-15)12(16)10-11-8-6-5-7-9-11;/h5-9,12H,3-4,10,16H2,1-2H3,(H,17,18,19);1H/t12-;/m0./s1. The molecule has 2 rings (SSSR count). The molecule has 0 saturated heterocycles. The Hall–Kier alpha value is -1.39. The third-order valence-corrected chi connectivity index (χ3v) is 3.88. The van der Waals surface area contributed by atoms with Crippen LogP contribution >= 0.6 is 0 Å². The summed E-state index contributed by atoms with van der Waals surface area (Å²) in [6.07, 6.45) is 2.26. The van der Waals surface area contributed by atoms with Crippen LogP contribution in [0, 0.1) is 0 Å². The van der Waals surface area contributed by atoms with Crippen molar-refractivity contribution in [1.29, 1.82) is 0 Å². The molecule has 5 heteroatoms. The summed E-state index contributed by atoms with van der Waals surface area (Å²) in [5.74, 6) is 0.756. The lowest BCUT2D eigenvalue weighted by Gasteiger charge is -2.18. The lowest BCUT2D eigenvalue weighted by molar-refractivity contribution is -0.395. The fourth-order valence-electron chi connectivity index (χ4n) is 2.46. The maximum atomic E-state index is 12.1. The number of quaternary nitrogens is 1. The smallest absolute Gasteiger partial charge is 0.253 e. The minimum Gasteiger partial charge on any atom is -1.00 e. The fourth-order valence-corrected chi connectivity index (χ4v) is 2.46. The highest BCUT2D eigenvalue weighted by Crippen LogP contribution is 2.25. The normalized spacial score (nSPS) is 17.9. The molecule has 0 radical (unpaired) electrons. The lowest BCUT2D eigenvalue weighted by Crippen LogP contribution is -3.00. The van der Waals surface area contributed by atoms with E-state index >= 15 is 0 Å². The van der Waals surface area contributed by atoms with Gasteiger partial charge in [0, 0.05) is 6.42 Å². The highest BCUT2D eigenvalue weighted by atomic mass is 35.5. The third-order valence-electron chi connectivity index (χ3n) is 3.88. The van der Waals surface area contributed by atoms with E-state index < -0.39 is 5.54 Å². The molecule has 1 aromatic carbocycles. The van der Waals surface area contributed by atoms with Crippen LogP contribution in [-0.2, 0) is 11.2 Å². The molecule has 1 amide bonds. The van der Waals surface area contributed by atoms with Crippen molar-refractivity contribution in [1.82, 2.24) is 5.32 Å². The summed E-state index contributed by atoms with van der Waals surface area (Å²) in [4.78, 5) is 16.7. The van der Waals surface area contributed by atoms with Gasteiger partial charge in [0.05, 0.1) is 0 Å². The second-order valence-electron chi connectivity index (χ2n) is 5.08. The molecule has 20 heavy (non-hydrogen) atoms. The topological polar surface area (TPSA) is 69.1 Å². The van der Waals surface area contributed by atoms with Gasteiger partial charge >= 0.3 is 0 Å². The van der Waals surface area contributed by atoms with Gasteiger partial charge < -0.3 is 23.5 Å². The molecule has 0 bridgehead atoms. The maximum absolute atomic E-state index is 12.1. The van der Waals surface area contributed by atoms with Gasteiger partial charge in [0.2, 0.25) is 0 Å². The first-order valence-electron chi connectivity index (χ1n) is 6.89. The first-order valence-corrected chi connectivity index (χ1v) is 6.89. The van der Waals surface area contributed by atoms with Crippen molar-refractivity contribution in [2.45, 2.75) is 44.7 Å². The Labute approximate surface area is 126 Å². The average molecular weight is 296 g/mol. The molecule has 110 valence electrons. The first-order chi connectivity index (χ1) is 9.11. The summed E-state index contributed by atoms with van der Waals surface area (Å²) in [6, 6.07) is 10.2. The molecule has 1 aliphatic heterocycles. The molecule has 4 N–H and O–H groups in total. The molecule has 0 fully saturated rings. The van der Waals surface area contributed by atoms with Crippen molar-refractivity contribution in [3.05, 3.63) is 35.9 Å². The summed E-state index contributed by atoms with van der Waals surface area (Å²) < 4.78 is 0.